The molecule has 114 valence electrons. The monoisotopic (exact) mass is 288 g/mol. The summed E-state index contributed by atoms with van der Waals surface area (Å²) in [5.74, 6) is 1.46. The Morgan fingerprint density at radius 2 is 2.19 bits per heavy atom. The molecule has 0 saturated carbocycles. The minimum atomic E-state index is -0.534. The van der Waals surface area contributed by atoms with Crippen molar-refractivity contribution in [1.29, 1.82) is 0 Å². The number of ether oxygens (including phenoxy) is 1. The SMILES string of the molecule is Cc1cccc(OC[C@@H](O)CN=C2CN3CCC2CC3)c1. The Balaban J connectivity index is 1.47. The molecule has 3 aliphatic heterocycles. The molecule has 3 heterocycles. The Labute approximate surface area is 126 Å². The van der Waals surface area contributed by atoms with E-state index < -0.39 is 6.10 Å². The number of benzene rings is 1. The number of rotatable bonds is 5. The zero-order valence-electron chi connectivity index (χ0n) is 12.7. The van der Waals surface area contributed by atoms with Crippen molar-refractivity contribution in [3.05, 3.63) is 29.8 Å². The maximum Gasteiger partial charge on any atom is 0.119 e. The van der Waals surface area contributed by atoms with Crippen LogP contribution in [0.1, 0.15) is 18.4 Å². The van der Waals surface area contributed by atoms with Gasteiger partial charge >= 0.3 is 0 Å². The molecule has 0 aliphatic carbocycles. The average molecular weight is 288 g/mol. The van der Waals surface area contributed by atoms with Crippen molar-refractivity contribution < 1.29 is 9.84 Å². The predicted octanol–water partition coefficient (Wildman–Crippen LogP) is 1.90. The predicted molar refractivity (Wildman–Crippen MR) is 84.1 cm³/mol. The van der Waals surface area contributed by atoms with Crippen LogP contribution >= 0.6 is 0 Å². The number of piperidine rings is 3. The Morgan fingerprint density at radius 3 is 2.86 bits per heavy atom. The highest BCUT2D eigenvalue weighted by Gasteiger charge is 2.30. The first-order chi connectivity index (χ1) is 10.2. The van der Waals surface area contributed by atoms with Gasteiger partial charge in [-0.3, -0.25) is 9.89 Å². The van der Waals surface area contributed by atoms with E-state index in [1.807, 2.05) is 31.2 Å². The number of aliphatic hydroxyl groups is 1. The first kappa shape index (κ1) is 14.5. The van der Waals surface area contributed by atoms with Crippen molar-refractivity contribution in [1.82, 2.24) is 4.90 Å². The summed E-state index contributed by atoms with van der Waals surface area (Å²) in [6, 6.07) is 7.89. The van der Waals surface area contributed by atoms with Gasteiger partial charge < -0.3 is 9.84 Å². The molecule has 0 aromatic heterocycles. The summed E-state index contributed by atoms with van der Waals surface area (Å²) >= 11 is 0. The largest absolute Gasteiger partial charge is 0.491 e. The van der Waals surface area contributed by atoms with Gasteiger partial charge in [0, 0.05) is 18.2 Å². The highest BCUT2D eigenvalue weighted by molar-refractivity contribution is 5.90. The van der Waals surface area contributed by atoms with Crippen molar-refractivity contribution in [2.24, 2.45) is 10.9 Å². The van der Waals surface area contributed by atoms with E-state index in [2.05, 4.69) is 9.89 Å². The number of nitrogens with zero attached hydrogens (tertiary/aromatic N) is 2. The highest BCUT2D eigenvalue weighted by Crippen LogP contribution is 2.25. The molecule has 1 aromatic carbocycles. The van der Waals surface area contributed by atoms with Crippen LogP contribution in [0.5, 0.6) is 5.75 Å². The molecule has 3 fully saturated rings. The zero-order chi connectivity index (χ0) is 14.7. The third-order valence-electron chi connectivity index (χ3n) is 4.38. The summed E-state index contributed by atoms with van der Waals surface area (Å²) in [6.07, 6.45) is 1.93. The van der Waals surface area contributed by atoms with Gasteiger partial charge in [0.1, 0.15) is 18.5 Å². The Morgan fingerprint density at radius 1 is 1.38 bits per heavy atom. The molecule has 0 unspecified atom stereocenters. The zero-order valence-corrected chi connectivity index (χ0v) is 12.7. The number of hydrogen-bond donors (Lipinski definition) is 1. The van der Waals surface area contributed by atoms with Gasteiger partial charge in [-0.2, -0.15) is 0 Å². The lowest BCUT2D eigenvalue weighted by Crippen LogP contribution is -2.48. The molecule has 0 spiro atoms. The first-order valence-corrected chi connectivity index (χ1v) is 7.84. The van der Waals surface area contributed by atoms with Gasteiger partial charge in [0.15, 0.2) is 0 Å². The van der Waals surface area contributed by atoms with Gasteiger partial charge in [0.2, 0.25) is 0 Å². The van der Waals surface area contributed by atoms with Crippen LogP contribution in [0.25, 0.3) is 0 Å². The van der Waals surface area contributed by atoms with Crippen LogP contribution in [0.4, 0.5) is 0 Å². The molecule has 4 rings (SSSR count). The summed E-state index contributed by atoms with van der Waals surface area (Å²) in [7, 11) is 0. The third kappa shape index (κ3) is 3.83. The molecule has 21 heavy (non-hydrogen) atoms. The number of aliphatic imine (C=N–C) groups is 1. The molecule has 3 saturated heterocycles. The topological polar surface area (TPSA) is 45.1 Å². The summed E-state index contributed by atoms with van der Waals surface area (Å²) in [5, 5.41) is 10.0. The normalized spacial score (nSPS) is 27.8. The Kier molecular flexibility index (Phi) is 4.56. The van der Waals surface area contributed by atoms with Gasteiger partial charge in [-0.05, 0) is 50.6 Å². The summed E-state index contributed by atoms with van der Waals surface area (Å²) < 4.78 is 5.62. The van der Waals surface area contributed by atoms with Crippen molar-refractivity contribution in [2.75, 3.05) is 32.8 Å². The molecule has 0 radical (unpaired) electrons. The maximum atomic E-state index is 10.0. The van der Waals surface area contributed by atoms with Crippen molar-refractivity contribution in [3.63, 3.8) is 0 Å². The molecular formula is C17H24N2O2. The van der Waals surface area contributed by atoms with E-state index in [1.54, 1.807) is 0 Å². The second-order valence-electron chi connectivity index (χ2n) is 6.16. The average Bonchev–Trinajstić information content (AvgIpc) is 2.52. The minimum absolute atomic E-state index is 0.300. The standard InChI is InChI=1S/C17H24N2O2/c1-13-3-2-4-16(9-13)21-12-15(20)10-18-17-11-19-7-5-14(17)6-8-19/h2-4,9,14-15,20H,5-8,10-12H2,1H3/t15-/m0/s1. The van der Waals surface area contributed by atoms with Crippen LogP contribution in [-0.4, -0.2) is 54.6 Å². The van der Waals surface area contributed by atoms with Crippen LogP contribution in [0.2, 0.25) is 0 Å². The van der Waals surface area contributed by atoms with Crippen LogP contribution in [0.3, 0.4) is 0 Å². The van der Waals surface area contributed by atoms with Crippen molar-refractivity contribution >= 4 is 5.71 Å². The van der Waals surface area contributed by atoms with E-state index >= 15 is 0 Å². The smallest absolute Gasteiger partial charge is 0.119 e. The molecule has 1 atom stereocenters. The summed E-state index contributed by atoms with van der Waals surface area (Å²) in [5.41, 5.74) is 2.44. The third-order valence-corrected chi connectivity index (χ3v) is 4.38. The molecule has 1 N–H and O–H groups in total. The summed E-state index contributed by atoms with van der Waals surface area (Å²) in [4.78, 5) is 7.09. The molecule has 4 heteroatoms. The van der Waals surface area contributed by atoms with E-state index in [9.17, 15) is 5.11 Å². The molecule has 4 nitrogen and oxygen atoms in total. The number of hydrogen-bond acceptors (Lipinski definition) is 4. The fraction of sp³-hybridized carbons (Fsp3) is 0.588. The van der Waals surface area contributed by atoms with Crippen LogP contribution in [0, 0.1) is 12.8 Å². The lowest BCUT2D eigenvalue weighted by Gasteiger charge is -2.40. The van der Waals surface area contributed by atoms with Gasteiger partial charge in [0.25, 0.3) is 0 Å². The van der Waals surface area contributed by atoms with Crippen LogP contribution in [-0.2, 0) is 0 Å². The molecule has 0 amide bonds. The number of fused-ring (bicyclic) bond motifs is 3. The maximum absolute atomic E-state index is 10.0. The van der Waals surface area contributed by atoms with E-state index in [1.165, 1.54) is 31.6 Å². The van der Waals surface area contributed by atoms with Gasteiger partial charge in [-0.25, -0.2) is 0 Å². The highest BCUT2D eigenvalue weighted by atomic mass is 16.5. The Hall–Kier alpha value is -1.39. The van der Waals surface area contributed by atoms with E-state index in [-0.39, 0.29) is 0 Å². The summed E-state index contributed by atoms with van der Waals surface area (Å²) in [6.45, 7) is 6.20. The van der Waals surface area contributed by atoms with E-state index in [4.69, 9.17) is 4.74 Å². The second-order valence-corrected chi connectivity index (χ2v) is 6.16. The van der Waals surface area contributed by atoms with Gasteiger partial charge in [-0.15, -0.1) is 0 Å². The number of aryl methyl sites for hydroxylation is 1. The minimum Gasteiger partial charge on any atom is -0.491 e. The molecule has 3 aliphatic rings. The fourth-order valence-corrected chi connectivity index (χ4v) is 3.13. The van der Waals surface area contributed by atoms with E-state index in [0.717, 1.165) is 17.9 Å². The van der Waals surface area contributed by atoms with Crippen LogP contribution < -0.4 is 4.74 Å². The molecule has 2 bridgehead atoms. The van der Waals surface area contributed by atoms with Gasteiger partial charge in [0.05, 0.1) is 6.54 Å². The molecule has 1 aromatic rings. The molecular weight excluding hydrogens is 264 g/mol. The lowest BCUT2D eigenvalue weighted by molar-refractivity contribution is 0.114. The van der Waals surface area contributed by atoms with Crippen molar-refractivity contribution in [2.45, 2.75) is 25.9 Å². The van der Waals surface area contributed by atoms with E-state index in [0.29, 0.717) is 19.1 Å². The van der Waals surface area contributed by atoms with Crippen molar-refractivity contribution in [3.8, 4) is 5.75 Å². The van der Waals surface area contributed by atoms with Gasteiger partial charge in [-0.1, -0.05) is 12.1 Å². The second kappa shape index (κ2) is 6.58. The van der Waals surface area contributed by atoms with Crippen LogP contribution in [0.15, 0.2) is 29.3 Å². The fourth-order valence-electron chi connectivity index (χ4n) is 3.13. The number of aliphatic hydroxyl groups excluding tert-OH is 1. The lowest BCUT2D eigenvalue weighted by atomic mass is 9.86. The quantitative estimate of drug-likeness (QED) is 0.900. The Bertz CT molecular complexity index is 507. The first-order valence-electron chi connectivity index (χ1n) is 7.84.